The molecule has 0 heterocycles. The van der Waals surface area contributed by atoms with Crippen LogP contribution in [0.4, 0.5) is 0 Å². The van der Waals surface area contributed by atoms with Crippen molar-refractivity contribution in [1.82, 2.24) is 0 Å². The third kappa shape index (κ3) is 4.58. The molecule has 1 aromatic rings. The van der Waals surface area contributed by atoms with Crippen LogP contribution in [0, 0.1) is 11.3 Å². The molecule has 1 aromatic carbocycles. The van der Waals surface area contributed by atoms with E-state index < -0.39 is 12.1 Å². The van der Waals surface area contributed by atoms with Crippen molar-refractivity contribution in [2.75, 3.05) is 0 Å². The molecule has 0 bridgehead atoms. The van der Waals surface area contributed by atoms with E-state index in [-0.39, 0.29) is 19.4 Å². The fourth-order valence-electron chi connectivity index (χ4n) is 1.17. The minimum Gasteiger partial charge on any atom is -0.461 e. The number of aliphatic hydroxyl groups is 1. The van der Waals surface area contributed by atoms with E-state index in [0.717, 1.165) is 5.56 Å². The second-order valence-corrected chi connectivity index (χ2v) is 3.37. The maximum Gasteiger partial charge on any atom is 0.308 e. The third-order valence-electron chi connectivity index (χ3n) is 1.97. The number of carbonyl (C=O) groups is 1. The highest BCUT2D eigenvalue weighted by Gasteiger charge is 2.11. The largest absolute Gasteiger partial charge is 0.461 e. The van der Waals surface area contributed by atoms with Gasteiger partial charge in [0.1, 0.15) is 6.61 Å². The van der Waals surface area contributed by atoms with Gasteiger partial charge in [-0.1, -0.05) is 30.3 Å². The van der Waals surface area contributed by atoms with Crippen LogP contribution in [0.2, 0.25) is 0 Å². The maximum atomic E-state index is 11.2. The summed E-state index contributed by atoms with van der Waals surface area (Å²) in [5, 5.41) is 17.5. The third-order valence-corrected chi connectivity index (χ3v) is 1.97. The van der Waals surface area contributed by atoms with Gasteiger partial charge in [-0.05, 0) is 5.56 Å². The van der Waals surface area contributed by atoms with Crippen LogP contribution in [0.15, 0.2) is 30.3 Å². The second-order valence-electron chi connectivity index (χ2n) is 3.37. The fourth-order valence-corrected chi connectivity index (χ4v) is 1.17. The summed E-state index contributed by atoms with van der Waals surface area (Å²) in [7, 11) is 0. The van der Waals surface area contributed by atoms with Crippen molar-refractivity contribution in [2.45, 2.75) is 25.6 Å². The van der Waals surface area contributed by atoms with Crippen molar-refractivity contribution in [2.24, 2.45) is 0 Å². The SMILES string of the molecule is N#CC[C@@H](O)CC(=O)OCc1ccccc1. The molecule has 0 radical (unpaired) electrons. The van der Waals surface area contributed by atoms with Crippen molar-refractivity contribution in [3.8, 4) is 6.07 Å². The van der Waals surface area contributed by atoms with Crippen LogP contribution >= 0.6 is 0 Å². The zero-order valence-corrected chi connectivity index (χ0v) is 8.80. The molecule has 16 heavy (non-hydrogen) atoms. The molecule has 1 atom stereocenters. The van der Waals surface area contributed by atoms with Crippen LogP contribution in [-0.2, 0) is 16.1 Å². The summed E-state index contributed by atoms with van der Waals surface area (Å²) in [6.45, 7) is 0.193. The number of ether oxygens (including phenoxy) is 1. The van der Waals surface area contributed by atoms with E-state index in [9.17, 15) is 9.90 Å². The van der Waals surface area contributed by atoms with Gasteiger partial charge in [0.15, 0.2) is 0 Å². The molecule has 0 amide bonds. The highest BCUT2D eigenvalue weighted by molar-refractivity contribution is 5.69. The van der Waals surface area contributed by atoms with Gasteiger partial charge in [0.2, 0.25) is 0 Å². The summed E-state index contributed by atoms with van der Waals surface area (Å²) in [5.74, 6) is -0.494. The number of rotatable bonds is 5. The predicted octanol–water partition coefficient (Wildman–Crippen LogP) is 1.39. The Kier molecular flexibility index (Phi) is 5.03. The van der Waals surface area contributed by atoms with Crippen LogP contribution in [0.5, 0.6) is 0 Å². The van der Waals surface area contributed by atoms with Gasteiger partial charge in [-0.3, -0.25) is 4.79 Å². The number of hydrogen-bond acceptors (Lipinski definition) is 4. The van der Waals surface area contributed by atoms with Crippen molar-refractivity contribution in [1.29, 1.82) is 5.26 Å². The Morgan fingerprint density at radius 2 is 2.12 bits per heavy atom. The van der Waals surface area contributed by atoms with E-state index in [0.29, 0.717) is 0 Å². The molecule has 1 rings (SSSR count). The first-order valence-electron chi connectivity index (χ1n) is 4.97. The number of nitrogens with zero attached hydrogens (tertiary/aromatic N) is 1. The van der Waals surface area contributed by atoms with E-state index in [1.54, 1.807) is 6.07 Å². The van der Waals surface area contributed by atoms with Gasteiger partial charge in [-0.25, -0.2) is 0 Å². The Hall–Kier alpha value is -1.86. The Labute approximate surface area is 94.1 Å². The summed E-state index contributed by atoms with van der Waals surface area (Å²) in [6.07, 6.45) is -1.13. The monoisotopic (exact) mass is 219 g/mol. The topological polar surface area (TPSA) is 70.3 Å². The summed E-state index contributed by atoms with van der Waals surface area (Å²) in [6, 6.07) is 11.1. The molecule has 0 spiro atoms. The standard InChI is InChI=1S/C12H13NO3/c13-7-6-11(14)8-12(15)16-9-10-4-2-1-3-5-10/h1-5,11,14H,6,8-9H2/t11-/m1/s1. The average molecular weight is 219 g/mol. The molecule has 0 saturated carbocycles. The minimum absolute atomic E-state index is 0.0551. The lowest BCUT2D eigenvalue weighted by molar-refractivity contribution is -0.147. The average Bonchev–Trinajstić information content (AvgIpc) is 2.28. The smallest absolute Gasteiger partial charge is 0.308 e. The van der Waals surface area contributed by atoms with E-state index in [1.165, 1.54) is 0 Å². The van der Waals surface area contributed by atoms with Gasteiger partial charge >= 0.3 is 5.97 Å². The van der Waals surface area contributed by atoms with Gasteiger partial charge in [-0.15, -0.1) is 0 Å². The normalized spacial score (nSPS) is 11.5. The molecule has 0 aliphatic rings. The number of aliphatic hydroxyl groups excluding tert-OH is 1. The summed E-state index contributed by atoms with van der Waals surface area (Å²) < 4.78 is 4.94. The molecular weight excluding hydrogens is 206 g/mol. The summed E-state index contributed by atoms with van der Waals surface area (Å²) in [5.41, 5.74) is 0.894. The van der Waals surface area contributed by atoms with Gasteiger partial charge in [0, 0.05) is 0 Å². The van der Waals surface area contributed by atoms with Crippen molar-refractivity contribution in [3.63, 3.8) is 0 Å². The molecule has 0 saturated heterocycles. The lowest BCUT2D eigenvalue weighted by Gasteiger charge is -2.07. The Morgan fingerprint density at radius 3 is 2.75 bits per heavy atom. The molecular formula is C12H13NO3. The summed E-state index contributed by atoms with van der Waals surface area (Å²) in [4.78, 5) is 11.2. The number of esters is 1. The zero-order valence-electron chi connectivity index (χ0n) is 8.80. The van der Waals surface area contributed by atoms with Gasteiger partial charge in [0.05, 0.1) is 25.0 Å². The minimum atomic E-state index is -0.937. The van der Waals surface area contributed by atoms with Gasteiger partial charge < -0.3 is 9.84 Å². The number of nitriles is 1. The molecule has 84 valence electrons. The second kappa shape index (κ2) is 6.59. The number of carbonyl (C=O) groups excluding carboxylic acids is 1. The Bertz CT molecular complexity index is 370. The highest BCUT2D eigenvalue weighted by atomic mass is 16.5. The Morgan fingerprint density at radius 1 is 1.44 bits per heavy atom. The first-order valence-corrected chi connectivity index (χ1v) is 4.97. The quantitative estimate of drug-likeness (QED) is 0.760. The molecule has 4 heteroatoms. The first kappa shape index (κ1) is 12.2. The van der Waals surface area contributed by atoms with Crippen LogP contribution < -0.4 is 0 Å². The van der Waals surface area contributed by atoms with E-state index >= 15 is 0 Å². The number of benzene rings is 1. The predicted molar refractivity (Wildman–Crippen MR) is 57.1 cm³/mol. The lowest BCUT2D eigenvalue weighted by Crippen LogP contribution is -2.15. The van der Waals surface area contributed by atoms with Crippen LogP contribution in [0.25, 0.3) is 0 Å². The molecule has 0 aliphatic heterocycles. The van der Waals surface area contributed by atoms with E-state index in [4.69, 9.17) is 10.00 Å². The van der Waals surface area contributed by atoms with Crippen molar-refractivity contribution >= 4 is 5.97 Å². The lowest BCUT2D eigenvalue weighted by atomic mass is 10.2. The van der Waals surface area contributed by atoms with Crippen LogP contribution in [-0.4, -0.2) is 17.2 Å². The molecule has 0 unspecified atom stereocenters. The van der Waals surface area contributed by atoms with E-state index in [2.05, 4.69) is 0 Å². The van der Waals surface area contributed by atoms with Crippen LogP contribution in [0.3, 0.4) is 0 Å². The van der Waals surface area contributed by atoms with E-state index in [1.807, 2.05) is 30.3 Å². The first-order chi connectivity index (χ1) is 7.72. The molecule has 0 aromatic heterocycles. The maximum absolute atomic E-state index is 11.2. The van der Waals surface area contributed by atoms with Crippen LogP contribution in [0.1, 0.15) is 18.4 Å². The van der Waals surface area contributed by atoms with Gasteiger partial charge in [0.25, 0.3) is 0 Å². The molecule has 0 aliphatic carbocycles. The van der Waals surface area contributed by atoms with Crippen molar-refractivity contribution < 1.29 is 14.6 Å². The van der Waals surface area contributed by atoms with Gasteiger partial charge in [-0.2, -0.15) is 5.26 Å². The van der Waals surface area contributed by atoms with Crippen molar-refractivity contribution in [3.05, 3.63) is 35.9 Å². The molecule has 0 fully saturated rings. The highest BCUT2D eigenvalue weighted by Crippen LogP contribution is 2.04. The zero-order chi connectivity index (χ0) is 11.8. The molecule has 1 N–H and O–H groups in total. The Balaban J connectivity index is 2.28. The fraction of sp³-hybridized carbons (Fsp3) is 0.333. The summed E-state index contributed by atoms with van der Waals surface area (Å²) >= 11 is 0. The number of hydrogen-bond donors (Lipinski definition) is 1. The molecule has 4 nitrogen and oxygen atoms in total.